The van der Waals surface area contributed by atoms with Crippen LogP contribution in [0.5, 0.6) is 0 Å². The molecule has 0 fully saturated rings. The van der Waals surface area contributed by atoms with E-state index in [9.17, 15) is 4.79 Å². The molecule has 0 saturated heterocycles. The first-order chi connectivity index (χ1) is 6.82. The molecule has 0 heterocycles. The summed E-state index contributed by atoms with van der Waals surface area (Å²) in [5.41, 5.74) is 2.35. The minimum atomic E-state index is 0.130. The number of ketones is 1. The van der Waals surface area contributed by atoms with Gasteiger partial charge in [0.2, 0.25) is 0 Å². The van der Waals surface area contributed by atoms with Crippen LogP contribution < -0.4 is 0 Å². The fraction of sp³-hybridized carbons (Fsp3) is 0.500. The molecule has 1 nitrogen and oxygen atoms in total. The Bertz CT molecular complexity index is 341. The van der Waals surface area contributed by atoms with Gasteiger partial charge < -0.3 is 0 Å². The normalized spacial score (nSPS) is 13.7. The maximum absolute atomic E-state index is 11.1. The Hall–Kier alpha value is -1.11. The van der Waals surface area contributed by atoms with Crippen LogP contribution in [0.4, 0.5) is 0 Å². The van der Waals surface area contributed by atoms with Crippen LogP contribution in [0.25, 0.3) is 0 Å². The van der Waals surface area contributed by atoms with Crippen molar-refractivity contribution < 1.29 is 4.79 Å². The van der Waals surface area contributed by atoms with Crippen LogP contribution in [0.3, 0.4) is 0 Å². The molecule has 1 aromatic carbocycles. The first-order valence-electron chi connectivity index (χ1n) is 5.43. The molecule has 0 saturated carbocycles. The van der Waals surface area contributed by atoms with Crippen molar-refractivity contribution in [1.29, 1.82) is 0 Å². The van der Waals surface area contributed by atoms with Crippen molar-refractivity contribution in [2.24, 2.45) is 5.41 Å². The highest BCUT2D eigenvalue weighted by molar-refractivity contribution is 5.94. The van der Waals surface area contributed by atoms with Crippen molar-refractivity contribution in [3.8, 4) is 0 Å². The summed E-state index contributed by atoms with van der Waals surface area (Å²) < 4.78 is 0. The second-order valence-corrected chi connectivity index (χ2v) is 5.27. The number of rotatable bonds is 2. The molecule has 0 spiro atoms. The molecule has 0 amide bonds. The first-order valence-corrected chi connectivity index (χ1v) is 5.43. The third-order valence-corrected chi connectivity index (χ3v) is 3.12. The van der Waals surface area contributed by atoms with Gasteiger partial charge in [-0.2, -0.15) is 0 Å². The molecule has 1 unspecified atom stereocenters. The second-order valence-electron chi connectivity index (χ2n) is 5.27. The van der Waals surface area contributed by atoms with E-state index in [4.69, 9.17) is 0 Å². The lowest BCUT2D eigenvalue weighted by Gasteiger charge is -2.27. The van der Waals surface area contributed by atoms with Crippen LogP contribution >= 0.6 is 0 Å². The van der Waals surface area contributed by atoms with E-state index in [1.807, 2.05) is 12.1 Å². The van der Waals surface area contributed by atoms with E-state index in [0.717, 1.165) is 5.56 Å². The van der Waals surface area contributed by atoms with Crippen molar-refractivity contribution in [1.82, 2.24) is 0 Å². The second kappa shape index (κ2) is 4.18. The largest absolute Gasteiger partial charge is 0.295 e. The zero-order valence-electron chi connectivity index (χ0n) is 10.3. The van der Waals surface area contributed by atoms with Crippen LogP contribution in [0, 0.1) is 5.41 Å². The maximum atomic E-state index is 11.1. The minimum Gasteiger partial charge on any atom is -0.295 e. The first kappa shape index (κ1) is 12.0. The van der Waals surface area contributed by atoms with E-state index >= 15 is 0 Å². The molecule has 1 rings (SSSR count). The Morgan fingerprint density at radius 2 is 1.60 bits per heavy atom. The lowest BCUT2D eigenvalue weighted by molar-refractivity contribution is 0.101. The average molecular weight is 204 g/mol. The summed E-state index contributed by atoms with van der Waals surface area (Å²) in [5.74, 6) is 0.628. The van der Waals surface area contributed by atoms with E-state index in [-0.39, 0.29) is 11.2 Å². The predicted molar refractivity (Wildman–Crippen MR) is 64.3 cm³/mol. The Balaban J connectivity index is 2.94. The van der Waals surface area contributed by atoms with Gasteiger partial charge in [0.05, 0.1) is 0 Å². The summed E-state index contributed by atoms with van der Waals surface area (Å²) in [4.78, 5) is 11.1. The van der Waals surface area contributed by atoms with Crippen molar-refractivity contribution >= 4 is 5.78 Å². The molecule has 0 radical (unpaired) electrons. The van der Waals surface area contributed by atoms with Crippen molar-refractivity contribution in [2.45, 2.75) is 40.5 Å². The van der Waals surface area contributed by atoms with Gasteiger partial charge in [0.25, 0.3) is 0 Å². The molecule has 0 aliphatic heterocycles. The number of benzene rings is 1. The quantitative estimate of drug-likeness (QED) is 0.664. The van der Waals surface area contributed by atoms with Crippen LogP contribution in [0.15, 0.2) is 24.3 Å². The van der Waals surface area contributed by atoms with Crippen LogP contribution in [0.1, 0.15) is 56.5 Å². The molecule has 1 aromatic rings. The van der Waals surface area contributed by atoms with Gasteiger partial charge in [-0.25, -0.2) is 0 Å². The lowest BCUT2D eigenvalue weighted by atomic mass is 9.78. The highest BCUT2D eigenvalue weighted by Crippen LogP contribution is 2.34. The van der Waals surface area contributed by atoms with Crippen molar-refractivity contribution in [3.63, 3.8) is 0 Å². The van der Waals surface area contributed by atoms with E-state index in [2.05, 4.69) is 39.8 Å². The fourth-order valence-corrected chi connectivity index (χ4v) is 1.51. The summed E-state index contributed by atoms with van der Waals surface area (Å²) in [7, 11) is 0. The third kappa shape index (κ3) is 2.92. The van der Waals surface area contributed by atoms with Gasteiger partial charge in [0.15, 0.2) is 5.78 Å². The molecule has 15 heavy (non-hydrogen) atoms. The van der Waals surface area contributed by atoms with Crippen LogP contribution in [-0.2, 0) is 0 Å². The third-order valence-electron chi connectivity index (χ3n) is 3.12. The molecule has 0 bridgehead atoms. The zero-order chi connectivity index (χ0) is 11.6. The molecule has 0 aliphatic carbocycles. The van der Waals surface area contributed by atoms with Crippen molar-refractivity contribution in [3.05, 3.63) is 35.4 Å². The monoisotopic (exact) mass is 204 g/mol. The fourth-order valence-electron chi connectivity index (χ4n) is 1.51. The van der Waals surface area contributed by atoms with Crippen LogP contribution in [0.2, 0.25) is 0 Å². The highest BCUT2D eigenvalue weighted by Gasteiger charge is 2.21. The summed E-state index contributed by atoms with van der Waals surface area (Å²) in [5, 5.41) is 0. The molecule has 82 valence electrons. The number of carbonyl (C=O) groups excluding carboxylic acids is 1. The summed E-state index contributed by atoms with van der Waals surface area (Å²) in [6, 6.07) is 7.96. The maximum Gasteiger partial charge on any atom is 0.159 e. The van der Waals surface area contributed by atoms with E-state index < -0.39 is 0 Å². The number of hydrogen-bond acceptors (Lipinski definition) is 1. The molecule has 0 aromatic heterocycles. The molecular formula is C14H20O. The standard InChI is InChI=1S/C14H20O/c1-10(14(3,4)5)12-6-8-13(9-7-12)11(2)15/h6-10H,1-5H3. The van der Waals surface area contributed by atoms with Gasteiger partial charge in [-0.1, -0.05) is 52.0 Å². The molecule has 1 atom stereocenters. The van der Waals surface area contributed by atoms with Crippen LogP contribution in [-0.4, -0.2) is 5.78 Å². The minimum absolute atomic E-state index is 0.130. The summed E-state index contributed by atoms with van der Waals surface area (Å²) >= 11 is 0. The predicted octanol–water partition coefficient (Wildman–Crippen LogP) is 4.04. The highest BCUT2D eigenvalue weighted by atomic mass is 16.1. The Labute approximate surface area is 92.5 Å². The number of carbonyl (C=O) groups is 1. The van der Waals surface area contributed by atoms with Crippen molar-refractivity contribution in [2.75, 3.05) is 0 Å². The lowest BCUT2D eigenvalue weighted by Crippen LogP contribution is -2.15. The number of Topliss-reactive ketones (excluding diaryl/α,β-unsaturated/α-hetero) is 1. The Morgan fingerprint density at radius 3 is 1.93 bits per heavy atom. The van der Waals surface area contributed by atoms with Gasteiger partial charge in [-0.3, -0.25) is 4.79 Å². The summed E-state index contributed by atoms with van der Waals surface area (Å²) in [6.07, 6.45) is 0. The molecule has 0 aliphatic rings. The van der Waals surface area contributed by atoms with Gasteiger partial charge in [-0.15, -0.1) is 0 Å². The van der Waals surface area contributed by atoms with E-state index in [1.165, 1.54) is 5.56 Å². The number of hydrogen-bond donors (Lipinski definition) is 0. The molecular weight excluding hydrogens is 184 g/mol. The average Bonchev–Trinajstić information content (AvgIpc) is 2.15. The molecule has 0 N–H and O–H groups in total. The Kier molecular flexibility index (Phi) is 3.33. The topological polar surface area (TPSA) is 17.1 Å². The van der Waals surface area contributed by atoms with E-state index in [0.29, 0.717) is 5.92 Å². The molecule has 1 heteroatoms. The van der Waals surface area contributed by atoms with Gasteiger partial charge in [-0.05, 0) is 23.8 Å². The zero-order valence-corrected chi connectivity index (χ0v) is 10.3. The van der Waals surface area contributed by atoms with Gasteiger partial charge in [0.1, 0.15) is 0 Å². The Morgan fingerprint density at radius 1 is 1.13 bits per heavy atom. The van der Waals surface area contributed by atoms with Gasteiger partial charge in [0, 0.05) is 5.56 Å². The van der Waals surface area contributed by atoms with E-state index in [1.54, 1.807) is 6.92 Å². The van der Waals surface area contributed by atoms with Gasteiger partial charge >= 0.3 is 0 Å². The smallest absolute Gasteiger partial charge is 0.159 e. The summed E-state index contributed by atoms with van der Waals surface area (Å²) in [6.45, 7) is 10.5. The SMILES string of the molecule is CC(=O)c1ccc(C(C)C(C)(C)C)cc1.